The maximum absolute atomic E-state index is 14.5. The second kappa shape index (κ2) is 12.5. The van der Waals surface area contributed by atoms with Crippen molar-refractivity contribution < 1.29 is 4.79 Å². The first-order valence-corrected chi connectivity index (χ1v) is 16.1. The largest absolute Gasteiger partial charge is 0.397 e. The molecule has 1 spiro atoms. The normalized spacial score (nSPS) is 24.8. The minimum absolute atomic E-state index is 0.0283. The van der Waals surface area contributed by atoms with Gasteiger partial charge < -0.3 is 22.1 Å². The zero-order chi connectivity index (χ0) is 30.9. The monoisotopic (exact) mass is 601 g/mol. The van der Waals surface area contributed by atoms with E-state index in [1.807, 2.05) is 6.07 Å². The number of nitrogens with two attached hydrogens (primary N) is 3. The molecule has 0 bridgehead atoms. The molecule has 2 fully saturated rings. The molecule has 2 aromatic heterocycles. The van der Waals surface area contributed by atoms with Crippen LogP contribution < -0.4 is 22.1 Å². The average Bonchev–Trinajstić information content (AvgIpc) is 3.20. The molecule has 1 aliphatic heterocycles. The molecule has 0 amide bonds. The van der Waals surface area contributed by atoms with Gasteiger partial charge in [-0.15, -0.1) is 11.3 Å². The zero-order valence-corrected chi connectivity index (χ0v) is 26.5. The van der Waals surface area contributed by atoms with Crippen LogP contribution in [0, 0.1) is 11.3 Å². The highest BCUT2D eigenvalue weighted by molar-refractivity contribution is 7.16. The van der Waals surface area contributed by atoms with Crippen LogP contribution in [0.2, 0.25) is 0 Å². The summed E-state index contributed by atoms with van der Waals surface area (Å²) >= 11 is 1.44. The Bertz CT molecular complexity index is 1530. The van der Waals surface area contributed by atoms with Crippen molar-refractivity contribution >= 4 is 45.5 Å². The minimum atomic E-state index is -0.790. The number of carbonyl (C=O) groups is 1. The molecular formula is C32H43N9OS. The van der Waals surface area contributed by atoms with Gasteiger partial charge in [-0.05, 0) is 77.4 Å². The fourth-order valence-electron chi connectivity index (χ4n) is 7.01. The van der Waals surface area contributed by atoms with Gasteiger partial charge in [0.25, 0.3) is 0 Å². The van der Waals surface area contributed by atoms with E-state index in [1.54, 1.807) is 19.3 Å². The molecule has 11 heteroatoms. The lowest BCUT2D eigenvalue weighted by molar-refractivity contribution is -0.122. The first-order chi connectivity index (χ1) is 20.6. The molecule has 2 aliphatic carbocycles. The summed E-state index contributed by atoms with van der Waals surface area (Å²) in [5, 5.41) is 10.5. The Morgan fingerprint density at radius 3 is 2.65 bits per heavy atom. The standard InChI is InChI=1S/C32H43N9OS/c1-19(2)40-14-7-15-41(20(3)18-40)26-16-24(23(34)10-13-37-4)38-31(39-26)28(35)21-8-5-11-32(29(21)42)12-6-9-25-27(32)22(17-33)30(36)43-25/h10,13,16,19-20H,5-9,11-12,14-15,18,34-36H2,1-4H3/t20-,32-/m0/s1. The van der Waals surface area contributed by atoms with Crippen molar-refractivity contribution in [2.45, 2.75) is 83.2 Å². The van der Waals surface area contributed by atoms with Gasteiger partial charge >= 0.3 is 0 Å². The van der Waals surface area contributed by atoms with Gasteiger partial charge in [0.1, 0.15) is 16.9 Å². The number of Topliss-reactive ketones (excluding diaryl/α,β-unsaturated/α-hetero) is 1. The topological polar surface area (TPSA) is 164 Å². The van der Waals surface area contributed by atoms with Crippen molar-refractivity contribution in [3.63, 3.8) is 0 Å². The highest BCUT2D eigenvalue weighted by Crippen LogP contribution is 2.52. The van der Waals surface area contributed by atoms with E-state index in [9.17, 15) is 10.1 Å². The van der Waals surface area contributed by atoms with E-state index in [0.29, 0.717) is 58.7 Å². The number of aliphatic imine (C=N–C) groups is 1. The van der Waals surface area contributed by atoms with Gasteiger partial charge in [0.05, 0.1) is 28.1 Å². The minimum Gasteiger partial charge on any atom is -0.397 e. The predicted octanol–water partition coefficient (Wildman–Crippen LogP) is 4.00. The molecular weight excluding hydrogens is 558 g/mol. The van der Waals surface area contributed by atoms with Crippen molar-refractivity contribution in [1.29, 1.82) is 5.26 Å². The number of rotatable bonds is 5. The second-order valence-electron chi connectivity index (χ2n) is 12.2. The molecule has 0 unspecified atom stereocenters. The number of aryl methyl sites for hydroxylation is 1. The molecule has 5 rings (SSSR count). The summed E-state index contributed by atoms with van der Waals surface area (Å²) in [5.74, 6) is 1.01. The molecule has 2 aromatic rings. The number of hydrogen-bond donors (Lipinski definition) is 3. The van der Waals surface area contributed by atoms with E-state index in [4.69, 9.17) is 27.2 Å². The van der Waals surface area contributed by atoms with Gasteiger partial charge in [-0.1, -0.05) is 0 Å². The first kappa shape index (κ1) is 30.7. The molecule has 1 saturated heterocycles. The Hall–Kier alpha value is -3.75. The van der Waals surface area contributed by atoms with Crippen LogP contribution in [0.5, 0.6) is 0 Å². The molecule has 6 N–H and O–H groups in total. The van der Waals surface area contributed by atoms with Crippen LogP contribution in [0.25, 0.3) is 11.4 Å². The van der Waals surface area contributed by atoms with E-state index < -0.39 is 5.41 Å². The lowest BCUT2D eigenvalue weighted by Crippen LogP contribution is -2.43. The smallest absolute Gasteiger partial charge is 0.178 e. The number of aromatic nitrogens is 2. The third-order valence-electron chi connectivity index (χ3n) is 9.22. The van der Waals surface area contributed by atoms with E-state index in [-0.39, 0.29) is 17.5 Å². The molecule has 2 atom stereocenters. The quantitative estimate of drug-likeness (QED) is 0.339. The zero-order valence-electron chi connectivity index (χ0n) is 25.7. The van der Waals surface area contributed by atoms with Crippen molar-refractivity contribution in [2.75, 3.05) is 37.3 Å². The number of fused-ring (bicyclic) bond motifs is 2. The van der Waals surface area contributed by atoms with E-state index in [1.165, 1.54) is 11.3 Å². The fraction of sp³-hybridized carbons (Fsp3) is 0.531. The number of ketones is 1. The van der Waals surface area contributed by atoms with Crippen LogP contribution >= 0.6 is 11.3 Å². The number of anilines is 2. The van der Waals surface area contributed by atoms with Gasteiger partial charge in [0.15, 0.2) is 11.6 Å². The number of nitriles is 1. The second-order valence-corrected chi connectivity index (χ2v) is 13.3. The van der Waals surface area contributed by atoms with E-state index in [0.717, 1.165) is 61.6 Å². The summed E-state index contributed by atoms with van der Waals surface area (Å²) < 4.78 is 0. The molecule has 0 radical (unpaired) electrons. The molecule has 3 heterocycles. The number of carbonyl (C=O) groups excluding carboxylic acids is 1. The van der Waals surface area contributed by atoms with Crippen LogP contribution in [-0.4, -0.2) is 65.6 Å². The van der Waals surface area contributed by atoms with Crippen LogP contribution in [0.4, 0.5) is 10.8 Å². The highest BCUT2D eigenvalue weighted by Gasteiger charge is 2.49. The molecule has 3 aliphatic rings. The van der Waals surface area contributed by atoms with E-state index >= 15 is 0 Å². The van der Waals surface area contributed by atoms with Gasteiger partial charge in [-0.3, -0.25) is 14.7 Å². The van der Waals surface area contributed by atoms with Crippen LogP contribution in [0.15, 0.2) is 22.7 Å². The number of allylic oxidation sites excluding steroid dienone is 2. The number of hydrogen-bond acceptors (Lipinski definition) is 11. The lowest BCUT2D eigenvalue weighted by Gasteiger charge is -2.40. The van der Waals surface area contributed by atoms with Crippen molar-refractivity contribution in [3.8, 4) is 6.07 Å². The maximum atomic E-state index is 14.5. The first-order valence-electron chi connectivity index (χ1n) is 15.2. The van der Waals surface area contributed by atoms with Gasteiger partial charge in [-0.2, -0.15) is 5.26 Å². The van der Waals surface area contributed by atoms with Gasteiger partial charge in [0, 0.05) is 61.5 Å². The van der Waals surface area contributed by atoms with Crippen LogP contribution in [0.1, 0.15) is 86.8 Å². The predicted molar refractivity (Wildman–Crippen MR) is 175 cm³/mol. The van der Waals surface area contributed by atoms with Gasteiger partial charge in [-0.25, -0.2) is 9.97 Å². The van der Waals surface area contributed by atoms with Crippen molar-refractivity contribution in [1.82, 2.24) is 14.9 Å². The molecule has 228 valence electrons. The number of nitrogen functional groups attached to an aromatic ring is 1. The number of thiophene rings is 1. The number of nitrogens with zero attached hydrogens (tertiary/aromatic N) is 6. The third-order valence-corrected chi connectivity index (χ3v) is 10.3. The Balaban J connectivity index is 1.61. The summed E-state index contributed by atoms with van der Waals surface area (Å²) in [7, 11) is 1.68. The molecule has 10 nitrogen and oxygen atoms in total. The summed E-state index contributed by atoms with van der Waals surface area (Å²) in [4.78, 5) is 34.1. The Kier molecular flexibility index (Phi) is 8.90. The van der Waals surface area contributed by atoms with Crippen molar-refractivity contribution in [3.05, 3.63) is 45.2 Å². The molecule has 1 saturated carbocycles. The fourth-order valence-corrected chi connectivity index (χ4v) is 8.17. The maximum Gasteiger partial charge on any atom is 0.178 e. The van der Waals surface area contributed by atoms with E-state index in [2.05, 4.69) is 41.6 Å². The summed E-state index contributed by atoms with van der Waals surface area (Å²) in [5.41, 5.74) is 21.9. The lowest BCUT2D eigenvalue weighted by atomic mass is 9.61. The summed E-state index contributed by atoms with van der Waals surface area (Å²) in [6.07, 6.45) is 8.69. The van der Waals surface area contributed by atoms with Crippen LogP contribution in [-0.2, 0) is 16.6 Å². The van der Waals surface area contributed by atoms with Crippen LogP contribution in [0.3, 0.4) is 0 Å². The summed E-state index contributed by atoms with van der Waals surface area (Å²) in [6.45, 7) is 9.42. The van der Waals surface area contributed by atoms with Gasteiger partial charge in [0.2, 0.25) is 0 Å². The average molecular weight is 602 g/mol. The highest BCUT2D eigenvalue weighted by atomic mass is 32.1. The Morgan fingerprint density at radius 2 is 1.95 bits per heavy atom. The SMILES string of the molecule is CN=CC=C(N)c1cc(N2CCCN(C(C)C)C[C@@H]2C)nc(C(N)=C2CCC[C@@]3(CCCc4sc(N)c(C#N)c43)C2=O)n1. The Labute approximate surface area is 258 Å². The van der Waals surface area contributed by atoms with Crippen molar-refractivity contribution in [2.24, 2.45) is 16.5 Å². The third kappa shape index (κ3) is 5.66. The molecule has 0 aromatic carbocycles. The Morgan fingerprint density at radius 1 is 1.21 bits per heavy atom. The molecule has 43 heavy (non-hydrogen) atoms. The summed E-state index contributed by atoms with van der Waals surface area (Å²) in [6, 6.07) is 4.85.